The number of benzene rings is 1. The van der Waals surface area contributed by atoms with E-state index in [9.17, 15) is 4.79 Å². The highest BCUT2D eigenvalue weighted by atomic mass is 16.5. The van der Waals surface area contributed by atoms with E-state index in [1.807, 2.05) is 36.1 Å². The van der Waals surface area contributed by atoms with Gasteiger partial charge in [-0.1, -0.05) is 12.1 Å². The van der Waals surface area contributed by atoms with E-state index in [-0.39, 0.29) is 11.9 Å². The smallest absolute Gasteiger partial charge is 0.223 e. The van der Waals surface area contributed by atoms with E-state index in [4.69, 9.17) is 10.5 Å². The number of carbonyl (C=O) groups is 1. The van der Waals surface area contributed by atoms with Crippen molar-refractivity contribution in [1.29, 1.82) is 0 Å². The van der Waals surface area contributed by atoms with Crippen molar-refractivity contribution in [1.82, 2.24) is 4.90 Å². The first kappa shape index (κ1) is 14.9. The topological polar surface area (TPSA) is 55.6 Å². The van der Waals surface area contributed by atoms with Crippen molar-refractivity contribution in [3.8, 4) is 5.75 Å². The van der Waals surface area contributed by atoms with Crippen LogP contribution in [0.15, 0.2) is 24.3 Å². The molecule has 1 aliphatic heterocycles. The summed E-state index contributed by atoms with van der Waals surface area (Å²) in [4.78, 5) is 14.2. The number of nitrogens with zero attached hydrogens (tertiary/aromatic N) is 1. The summed E-state index contributed by atoms with van der Waals surface area (Å²) in [6.45, 7) is 4.09. The van der Waals surface area contributed by atoms with Gasteiger partial charge in [-0.3, -0.25) is 4.79 Å². The number of nitrogens with two attached hydrogens (primary N) is 1. The van der Waals surface area contributed by atoms with Gasteiger partial charge in [-0.25, -0.2) is 0 Å². The van der Waals surface area contributed by atoms with E-state index in [1.54, 1.807) is 0 Å². The van der Waals surface area contributed by atoms with Crippen LogP contribution in [0.4, 0.5) is 0 Å². The Bertz CT molecular complexity index is 431. The Balaban J connectivity index is 1.83. The molecule has 0 aromatic heterocycles. The number of likely N-dealkylation sites (tertiary alicyclic amines) is 1. The van der Waals surface area contributed by atoms with E-state index in [2.05, 4.69) is 0 Å². The van der Waals surface area contributed by atoms with Gasteiger partial charge in [0.1, 0.15) is 5.75 Å². The Kier molecular flexibility index (Phi) is 5.41. The fraction of sp³-hybridized carbons (Fsp3) is 0.562. The average molecular weight is 276 g/mol. The van der Waals surface area contributed by atoms with Crippen molar-refractivity contribution in [3.63, 3.8) is 0 Å². The Labute approximate surface area is 120 Å². The minimum atomic E-state index is 0.229. The summed E-state index contributed by atoms with van der Waals surface area (Å²) < 4.78 is 5.41. The first-order valence-corrected chi connectivity index (χ1v) is 7.46. The molecule has 1 saturated heterocycles. The normalized spacial score (nSPS) is 18.3. The third-order valence-corrected chi connectivity index (χ3v) is 3.83. The molecule has 1 fully saturated rings. The van der Waals surface area contributed by atoms with Crippen molar-refractivity contribution < 1.29 is 9.53 Å². The number of aryl methyl sites for hydroxylation is 1. The maximum atomic E-state index is 12.2. The fourth-order valence-corrected chi connectivity index (χ4v) is 2.72. The van der Waals surface area contributed by atoms with Gasteiger partial charge in [0.05, 0.1) is 6.61 Å². The van der Waals surface area contributed by atoms with E-state index in [1.165, 1.54) is 5.56 Å². The van der Waals surface area contributed by atoms with Gasteiger partial charge in [0.25, 0.3) is 0 Å². The van der Waals surface area contributed by atoms with Gasteiger partial charge in [-0.15, -0.1) is 0 Å². The van der Waals surface area contributed by atoms with Crippen molar-refractivity contribution in [2.24, 2.45) is 5.73 Å². The molecule has 1 unspecified atom stereocenters. The van der Waals surface area contributed by atoms with E-state index >= 15 is 0 Å². The lowest BCUT2D eigenvalue weighted by molar-refractivity contribution is -0.131. The predicted octanol–water partition coefficient (Wildman–Crippen LogP) is 1.97. The largest absolute Gasteiger partial charge is 0.494 e. The minimum Gasteiger partial charge on any atom is -0.494 e. The van der Waals surface area contributed by atoms with Crippen LogP contribution in [0.25, 0.3) is 0 Å². The number of hydrogen-bond donors (Lipinski definition) is 1. The van der Waals surface area contributed by atoms with Crippen LogP contribution in [0.1, 0.15) is 31.7 Å². The molecule has 1 aromatic rings. The van der Waals surface area contributed by atoms with Crippen LogP contribution in [0.2, 0.25) is 0 Å². The molecule has 110 valence electrons. The number of carbonyl (C=O) groups excluding carboxylic acids is 1. The summed E-state index contributed by atoms with van der Waals surface area (Å²) in [7, 11) is 0. The molecule has 1 heterocycles. The highest BCUT2D eigenvalue weighted by molar-refractivity contribution is 5.77. The molecule has 1 amide bonds. The molecule has 2 N–H and O–H groups in total. The Morgan fingerprint density at radius 2 is 2.15 bits per heavy atom. The van der Waals surface area contributed by atoms with Crippen LogP contribution in [-0.4, -0.2) is 36.5 Å². The number of ether oxygens (including phenoxy) is 1. The lowest BCUT2D eigenvalue weighted by atomic mass is 10.1. The lowest BCUT2D eigenvalue weighted by Gasteiger charge is -2.23. The monoisotopic (exact) mass is 276 g/mol. The van der Waals surface area contributed by atoms with Crippen LogP contribution < -0.4 is 10.5 Å². The number of rotatable bonds is 6. The zero-order chi connectivity index (χ0) is 14.4. The maximum absolute atomic E-state index is 12.2. The Hall–Kier alpha value is -1.55. The molecule has 0 radical (unpaired) electrons. The van der Waals surface area contributed by atoms with Gasteiger partial charge in [-0.05, 0) is 43.9 Å². The van der Waals surface area contributed by atoms with Crippen LogP contribution in [0.3, 0.4) is 0 Å². The lowest BCUT2D eigenvalue weighted by Crippen LogP contribution is -2.39. The molecular weight excluding hydrogens is 252 g/mol. The summed E-state index contributed by atoms with van der Waals surface area (Å²) in [5.41, 5.74) is 6.88. The second-order valence-electron chi connectivity index (χ2n) is 5.20. The predicted molar refractivity (Wildman–Crippen MR) is 79.7 cm³/mol. The third-order valence-electron chi connectivity index (χ3n) is 3.83. The maximum Gasteiger partial charge on any atom is 0.223 e. The Morgan fingerprint density at radius 3 is 2.80 bits per heavy atom. The summed E-state index contributed by atoms with van der Waals surface area (Å²) in [5.74, 6) is 1.11. The van der Waals surface area contributed by atoms with Crippen molar-refractivity contribution in [3.05, 3.63) is 29.8 Å². The van der Waals surface area contributed by atoms with Gasteiger partial charge >= 0.3 is 0 Å². The third kappa shape index (κ3) is 3.73. The summed E-state index contributed by atoms with van der Waals surface area (Å²) in [6, 6.07) is 8.23. The van der Waals surface area contributed by atoms with Gasteiger partial charge in [-0.2, -0.15) is 0 Å². The van der Waals surface area contributed by atoms with Crippen LogP contribution in [-0.2, 0) is 11.2 Å². The molecule has 1 aliphatic rings. The molecule has 0 spiro atoms. The standard InChI is InChI=1S/C16H24N2O2/c1-2-20-15-8-5-13(6-9-15)7-10-16(19)18-11-3-4-14(18)12-17/h5-6,8-9,14H,2-4,7,10-12,17H2,1H3. The van der Waals surface area contributed by atoms with Crippen LogP contribution in [0, 0.1) is 0 Å². The fourth-order valence-electron chi connectivity index (χ4n) is 2.72. The zero-order valence-corrected chi connectivity index (χ0v) is 12.2. The van der Waals surface area contributed by atoms with E-state index in [0.29, 0.717) is 19.6 Å². The van der Waals surface area contributed by atoms with Crippen LogP contribution in [0.5, 0.6) is 5.75 Å². The molecule has 0 aliphatic carbocycles. The second kappa shape index (κ2) is 7.29. The molecular formula is C16H24N2O2. The van der Waals surface area contributed by atoms with Crippen molar-refractivity contribution in [2.75, 3.05) is 19.7 Å². The zero-order valence-electron chi connectivity index (χ0n) is 12.2. The minimum absolute atomic E-state index is 0.229. The summed E-state index contributed by atoms with van der Waals surface area (Å²) >= 11 is 0. The SMILES string of the molecule is CCOc1ccc(CCC(=O)N2CCCC2CN)cc1. The molecule has 0 bridgehead atoms. The van der Waals surface area contributed by atoms with Gasteiger partial charge in [0.2, 0.25) is 5.91 Å². The van der Waals surface area contributed by atoms with Crippen molar-refractivity contribution >= 4 is 5.91 Å². The quantitative estimate of drug-likeness (QED) is 0.864. The van der Waals surface area contributed by atoms with E-state index in [0.717, 1.165) is 31.6 Å². The molecule has 4 nitrogen and oxygen atoms in total. The molecule has 4 heteroatoms. The van der Waals surface area contributed by atoms with Crippen molar-refractivity contribution in [2.45, 2.75) is 38.6 Å². The molecule has 1 aromatic carbocycles. The number of hydrogen-bond acceptors (Lipinski definition) is 3. The highest BCUT2D eigenvalue weighted by Crippen LogP contribution is 2.19. The first-order valence-electron chi connectivity index (χ1n) is 7.46. The summed E-state index contributed by atoms with van der Waals surface area (Å²) in [5, 5.41) is 0. The molecule has 0 saturated carbocycles. The molecule has 1 atom stereocenters. The summed E-state index contributed by atoms with van der Waals surface area (Å²) in [6.07, 6.45) is 3.46. The Morgan fingerprint density at radius 1 is 1.40 bits per heavy atom. The average Bonchev–Trinajstić information content (AvgIpc) is 2.95. The van der Waals surface area contributed by atoms with E-state index < -0.39 is 0 Å². The van der Waals surface area contributed by atoms with Gasteiger partial charge in [0.15, 0.2) is 0 Å². The first-order chi connectivity index (χ1) is 9.74. The van der Waals surface area contributed by atoms with Gasteiger partial charge in [0, 0.05) is 25.6 Å². The highest BCUT2D eigenvalue weighted by Gasteiger charge is 2.26. The van der Waals surface area contributed by atoms with Crippen LogP contribution >= 0.6 is 0 Å². The number of amides is 1. The van der Waals surface area contributed by atoms with Gasteiger partial charge < -0.3 is 15.4 Å². The second-order valence-corrected chi connectivity index (χ2v) is 5.20. The molecule has 20 heavy (non-hydrogen) atoms. The molecule has 2 rings (SSSR count).